The van der Waals surface area contributed by atoms with E-state index >= 15 is 0 Å². The molecule has 2 aromatic rings. The molecule has 0 aliphatic rings. The zero-order valence-corrected chi connectivity index (χ0v) is 11.4. The molecule has 2 aromatic carbocycles. The highest BCUT2D eigenvalue weighted by atomic mass is 32.2. The molecule has 0 aliphatic heterocycles. The van der Waals surface area contributed by atoms with Gasteiger partial charge in [0.25, 0.3) is 10.0 Å². The van der Waals surface area contributed by atoms with Gasteiger partial charge in [-0.2, -0.15) is 0 Å². The van der Waals surface area contributed by atoms with Crippen molar-refractivity contribution < 1.29 is 18.0 Å². The number of hydrogen-bond acceptors (Lipinski definition) is 4. The maximum atomic E-state index is 12.0. The Bertz CT molecular complexity index is 753. The zero-order valence-electron chi connectivity index (χ0n) is 10.6. The van der Waals surface area contributed by atoms with Gasteiger partial charge in [-0.1, -0.05) is 30.3 Å². The molecule has 0 radical (unpaired) electrons. The van der Waals surface area contributed by atoms with Gasteiger partial charge in [-0.25, -0.2) is 13.1 Å². The summed E-state index contributed by atoms with van der Waals surface area (Å²) in [5.74, 6) is -0.690. The van der Waals surface area contributed by atoms with Crippen LogP contribution in [0, 0.1) is 0 Å². The zero-order chi connectivity index (χ0) is 14.6. The van der Waals surface area contributed by atoms with E-state index in [0.717, 1.165) is 10.8 Å². The van der Waals surface area contributed by atoms with Crippen LogP contribution in [0.25, 0.3) is 10.8 Å². The Morgan fingerprint density at radius 2 is 1.80 bits per heavy atom. The maximum Gasteiger partial charge on any atom is 0.264 e. The highest BCUT2D eigenvalue weighted by molar-refractivity contribution is 7.90. The van der Waals surface area contributed by atoms with Crippen molar-refractivity contribution >= 4 is 33.0 Å². The highest BCUT2D eigenvalue weighted by Crippen LogP contribution is 2.18. The molecule has 20 heavy (non-hydrogen) atoms. The van der Waals surface area contributed by atoms with Crippen LogP contribution in [0.3, 0.4) is 0 Å². The summed E-state index contributed by atoms with van der Waals surface area (Å²) in [7, 11) is -3.90. The van der Waals surface area contributed by atoms with Crippen molar-refractivity contribution in [3.05, 3.63) is 42.5 Å². The van der Waals surface area contributed by atoms with Crippen molar-refractivity contribution in [3.63, 3.8) is 0 Å². The number of nitrogens with one attached hydrogen (secondary N) is 1. The number of benzene rings is 2. The molecule has 1 amide bonds. The lowest BCUT2D eigenvalue weighted by atomic mass is 10.1. The van der Waals surface area contributed by atoms with Gasteiger partial charge in [0.2, 0.25) is 5.91 Å². The van der Waals surface area contributed by atoms with Gasteiger partial charge < -0.3 is 4.79 Å². The Kier molecular flexibility index (Phi) is 4.14. The van der Waals surface area contributed by atoms with Gasteiger partial charge in [0, 0.05) is 12.8 Å². The second kappa shape index (κ2) is 5.83. The predicted molar refractivity (Wildman–Crippen MR) is 74.6 cm³/mol. The van der Waals surface area contributed by atoms with Crippen molar-refractivity contribution in [2.24, 2.45) is 0 Å². The molecule has 0 saturated carbocycles. The van der Waals surface area contributed by atoms with Crippen LogP contribution in [-0.2, 0) is 19.6 Å². The van der Waals surface area contributed by atoms with E-state index in [-0.39, 0.29) is 17.7 Å². The van der Waals surface area contributed by atoms with E-state index in [0.29, 0.717) is 6.29 Å². The minimum absolute atomic E-state index is 0.000919. The van der Waals surface area contributed by atoms with E-state index in [9.17, 15) is 18.0 Å². The molecule has 0 bridgehead atoms. The van der Waals surface area contributed by atoms with E-state index in [1.54, 1.807) is 18.2 Å². The number of carbonyl (C=O) groups is 2. The fraction of sp³-hybridized carbons (Fsp3) is 0.143. The Morgan fingerprint density at radius 3 is 2.50 bits per heavy atom. The van der Waals surface area contributed by atoms with Crippen molar-refractivity contribution in [1.82, 2.24) is 4.72 Å². The molecule has 0 unspecified atom stereocenters. The van der Waals surface area contributed by atoms with Crippen LogP contribution in [-0.4, -0.2) is 20.6 Å². The molecule has 5 nitrogen and oxygen atoms in total. The van der Waals surface area contributed by atoms with Crippen molar-refractivity contribution in [1.29, 1.82) is 0 Å². The van der Waals surface area contributed by atoms with Gasteiger partial charge >= 0.3 is 0 Å². The first kappa shape index (κ1) is 14.2. The van der Waals surface area contributed by atoms with Crippen LogP contribution >= 0.6 is 0 Å². The Labute approximate surface area is 116 Å². The average molecular weight is 291 g/mol. The van der Waals surface area contributed by atoms with Gasteiger partial charge in [-0.3, -0.25) is 4.79 Å². The van der Waals surface area contributed by atoms with E-state index < -0.39 is 15.9 Å². The molecular weight excluding hydrogens is 278 g/mol. The average Bonchev–Trinajstić information content (AvgIpc) is 2.44. The molecule has 0 atom stereocenters. The van der Waals surface area contributed by atoms with Gasteiger partial charge in [0.15, 0.2) is 0 Å². The third kappa shape index (κ3) is 3.21. The van der Waals surface area contributed by atoms with Crippen molar-refractivity contribution in [3.8, 4) is 0 Å². The van der Waals surface area contributed by atoms with Crippen LogP contribution in [0.1, 0.15) is 12.8 Å². The largest absolute Gasteiger partial charge is 0.303 e. The van der Waals surface area contributed by atoms with E-state index in [1.807, 2.05) is 16.9 Å². The maximum absolute atomic E-state index is 12.0. The van der Waals surface area contributed by atoms with Gasteiger partial charge in [-0.05, 0) is 22.9 Å². The second-order valence-corrected chi connectivity index (χ2v) is 5.93. The summed E-state index contributed by atoms with van der Waals surface area (Å²) in [6, 6.07) is 12.0. The number of aldehydes is 1. The first-order valence-electron chi connectivity index (χ1n) is 6.01. The number of rotatable bonds is 5. The summed E-state index contributed by atoms with van der Waals surface area (Å²) >= 11 is 0. The first-order valence-corrected chi connectivity index (χ1v) is 7.49. The highest BCUT2D eigenvalue weighted by Gasteiger charge is 2.17. The predicted octanol–water partition coefficient (Wildman–Crippen LogP) is 1.62. The number of sulfonamides is 1. The SMILES string of the molecule is O=CCCC(=O)NS(=O)(=O)c1ccc2ccccc2c1. The fourth-order valence-electron chi connectivity index (χ4n) is 1.78. The smallest absolute Gasteiger partial charge is 0.264 e. The lowest BCUT2D eigenvalue weighted by molar-refractivity contribution is -0.121. The van der Waals surface area contributed by atoms with Crippen LogP contribution < -0.4 is 4.72 Å². The number of amides is 1. The van der Waals surface area contributed by atoms with E-state index in [2.05, 4.69) is 0 Å². The summed E-state index contributed by atoms with van der Waals surface area (Å²) in [6.07, 6.45) is 0.428. The van der Waals surface area contributed by atoms with Gasteiger partial charge in [-0.15, -0.1) is 0 Å². The molecule has 104 valence electrons. The normalized spacial score (nSPS) is 11.2. The first-order chi connectivity index (χ1) is 9.53. The molecule has 1 N–H and O–H groups in total. The van der Waals surface area contributed by atoms with Crippen LogP contribution in [0.5, 0.6) is 0 Å². The van der Waals surface area contributed by atoms with Crippen molar-refractivity contribution in [2.45, 2.75) is 17.7 Å². The minimum Gasteiger partial charge on any atom is -0.303 e. The number of hydrogen-bond donors (Lipinski definition) is 1. The molecule has 0 spiro atoms. The summed E-state index contributed by atoms with van der Waals surface area (Å²) in [5, 5.41) is 1.69. The van der Waals surface area contributed by atoms with Crippen LogP contribution in [0.15, 0.2) is 47.4 Å². The fourth-order valence-corrected chi connectivity index (χ4v) is 2.83. The van der Waals surface area contributed by atoms with Crippen molar-refractivity contribution in [2.75, 3.05) is 0 Å². The molecule has 0 saturated heterocycles. The second-order valence-electron chi connectivity index (χ2n) is 4.24. The topological polar surface area (TPSA) is 80.3 Å². The lowest BCUT2D eigenvalue weighted by Crippen LogP contribution is -2.30. The quantitative estimate of drug-likeness (QED) is 0.849. The molecular formula is C14H13NO4S. The summed E-state index contributed by atoms with van der Waals surface area (Å²) in [4.78, 5) is 21.6. The third-order valence-corrected chi connectivity index (χ3v) is 4.14. The van der Waals surface area contributed by atoms with Gasteiger partial charge in [0.1, 0.15) is 6.29 Å². The molecule has 2 rings (SSSR count). The standard InChI is InChI=1S/C14H13NO4S/c16-9-3-6-14(17)15-20(18,19)13-8-7-11-4-1-2-5-12(11)10-13/h1-2,4-5,7-10H,3,6H2,(H,15,17). The Morgan fingerprint density at radius 1 is 1.10 bits per heavy atom. The summed E-state index contributed by atoms with van der Waals surface area (Å²) < 4.78 is 26.0. The summed E-state index contributed by atoms with van der Waals surface area (Å²) in [5.41, 5.74) is 0. The number of carbonyl (C=O) groups excluding carboxylic acids is 2. The van der Waals surface area contributed by atoms with Crippen LogP contribution in [0.2, 0.25) is 0 Å². The molecule has 0 aliphatic carbocycles. The van der Waals surface area contributed by atoms with E-state index in [1.165, 1.54) is 12.1 Å². The van der Waals surface area contributed by atoms with E-state index in [4.69, 9.17) is 0 Å². The number of fused-ring (bicyclic) bond motifs is 1. The third-order valence-electron chi connectivity index (χ3n) is 2.77. The molecule has 0 heterocycles. The van der Waals surface area contributed by atoms with Gasteiger partial charge in [0.05, 0.1) is 4.90 Å². The lowest BCUT2D eigenvalue weighted by Gasteiger charge is -2.07. The monoisotopic (exact) mass is 291 g/mol. The molecule has 0 aromatic heterocycles. The molecule has 0 fully saturated rings. The Balaban J connectivity index is 2.27. The molecule has 6 heteroatoms. The Hall–Kier alpha value is -2.21. The summed E-state index contributed by atoms with van der Waals surface area (Å²) in [6.45, 7) is 0. The minimum atomic E-state index is -3.90. The van der Waals surface area contributed by atoms with Crippen LogP contribution in [0.4, 0.5) is 0 Å².